The number of amides is 1. The summed E-state index contributed by atoms with van der Waals surface area (Å²) in [5.74, 6) is 0.683. The molecule has 0 atom stereocenters. The van der Waals surface area contributed by atoms with Gasteiger partial charge < -0.3 is 15.2 Å². The molecule has 1 amide bonds. The molecule has 0 spiro atoms. The van der Waals surface area contributed by atoms with Gasteiger partial charge in [0.05, 0.1) is 10.6 Å². The van der Waals surface area contributed by atoms with E-state index in [0.29, 0.717) is 21.9 Å². The minimum Gasteiger partial charge on any atom is -0.508 e. The molecule has 1 fully saturated rings. The van der Waals surface area contributed by atoms with Crippen LogP contribution in [0.4, 0.5) is 0 Å². The number of nitriles is 1. The number of nitrogens with zero attached hydrogens (tertiary/aromatic N) is 1. The van der Waals surface area contributed by atoms with Crippen LogP contribution in [0, 0.1) is 22.2 Å². The Morgan fingerprint density at radius 2 is 1.53 bits per heavy atom. The van der Waals surface area contributed by atoms with Crippen molar-refractivity contribution < 1.29 is 14.6 Å². The van der Waals surface area contributed by atoms with Crippen LogP contribution in [-0.4, -0.2) is 23.2 Å². The van der Waals surface area contributed by atoms with Gasteiger partial charge in [0.25, 0.3) is 5.91 Å². The van der Waals surface area contributed by atoms with E-state index in [-0.39, 0.29) is 34.6 Å². The summed E-state index contributed by atoms with van der Waals surface area (Å²) in [5, 5.41) is 22.1. The molecule has 0 radical (unpaired) electrons. The van der Waals surface area contributed by atoms with Gasteiger partial charge in [-0.05, 0) is 47.5 Å². The van der Waals surface area contributed by atoms with Crippen molar-refractivity contribution in [2.45, 2.75) is 39.8 Å². The molecule has 0 aliphatic heterocycles. The van der Waals surface area contributed by atoms with Crippen LogP contribution in [0.5, 0.6) is 11.5 Å². The lowest BCUT2D eigenvalue weighted by Crippen LogP contribution is -2.74. The van der Waals surface area contributed by atoms with E-state index in [1.54, 1.807) is 30.3 Å². The Morgan fingerprint density at radius 1 is 0.971 bits per heavy atom. The Hall–Kier alpha value is -3.49. The third-order valence-corrected chi connectivity index (χ3v) is 7.09. The summed E-state index contributed by atoms with van der Waals surface area (Å²) in [5.41, 5.74) is 2.27. The number of halogens is 1. The minimum atomic E-state index is -0.328. The Labute approximate surface area is 205 Å². The minimum absolute atomic E-state index is 0.108. The molecule has 2 N–H and O–H groups in total. The zero-order valence-corrected chi connectivity index (χ0v) is 20.4. The maximum absolute atomic E-state index is 13.1. The van der Waals surface area contributed by atoms with Crippen LogP contribution in [0.3, 0.4) is 0 Å². The number of phenols is 1. The third-order valence-electron chi connectivity index (χ3n) is 6.78. The molecular weight excluding hydrogens is 448 g/mol. The summed E-state index contributed by atoms with van der Waals surface area (Å²) in [6, 6.07) is 21.4. The van der Waals surface area contributed by atoms with Crippen LogP contribution in [-0.2, 0) is 0 Å². The molecule has 4 rings (SSSR count). The van der Waals surface area contributed by atoms with E-state index in [9.17, 15) is 9.90 Å². The lowest BCUT2D eigenvalue weighted by atomic mass is 9.49. The fourth-order valence-corrected chi connectivity index (χ4v) is 5.49. The number of ether oxygens (including phenoxy) is 1. The fraction of sp³-hybridized carbons (Fsp3) is 0.286. The second kappa shape index (κ2) is 8.70. The van der Waals surface area contributed by atoms with Crippen LogP contribution in [0.1, 0.15) is 43.6 Å². The molecule has 0 saturated heterocycles. The van der Waals surface area contributed by atoms with Gasteiger partial charge in [-0.2, -0.15) is 5.26 Å². The fourth-order valence-electron chi connectivity index (χ4n) is 5.28. The highest BCUT2D eigenvalue weighted by atomic mass is 35.5. The van der Waals surface area contributed by atoms with Crippen molar-refractivity contribution >= 4 is 17.5 Å². The van der Waals surface area contributed by atoms with E-state index in [0.717, 1.165) is 11.1 Å². The quantitative estimate of drug-likeness (QED) is 0.461. The van der Waals surface area contributed by atoms with Crippen molar-refractivity contribution in [2.75, 3.05) is 0 Å². The molecule has 3 aromatic rings. The second-order valence-electron chi connectivity index (χ2n) is 9.92. The van der Waals surface area contributed by atoms with Crippen LogP contribution >= 0.6 is 11.6 Å². The van der Waals surface area contributed by atoms with Crippen molar-refractivity contribution in [1.82, 2.24) is 5.32 Å². The van der Waals surface area contributed by atoms with Gasteiger partial charge in [0.1, 0.15) is 23.7 Å². The number of hydrogen-bond donors (Lipinski definition) is 2. The zero-order valence-electron chi connectivity index (χ0n) is 19.6. The summed E-state index contributed by atoms with van der Waals surface area (Å²) < 4.78 is 6.29. The van der Waals surface area contributed by atoms with Gasteiger partial charge >= 0.3 is 0 Å². The molecule has 0 bridgehead atoms. The second-order valence-corrected chi connectivity index (χ2v) is 10.3. The molecule has 1 saturated carbocycles. The summed E-state index contributed by atoms with van der Waals surface area (Å²) >= 11 is 6.17. The summed E-state index contributed by atoms with van der Waals surface area (Å²) in [6.07, 6.45) is -0.161. The van der Waals surface area contributed by atoms with Crippen molar-refractivity contribution in [3.8, 4) is 28.7 Å². The Bertz CT molecular complexity index is 1240. The highest BCUT2D eigenvalue weighted by molar-refractivity contribution is 6.31. The summed E-state index contributed by atoms with van der Waals surface area (Å²) in [4.78, 5) is 13.1. The topological polar surface area (TPSA) is 82.3 Å². The first-order chi connectivity index (χ1) is 16.0. The van der Waals surface area contributed by atoms with Gasteiger partial charge in [-0.3, -0.25) is 4.79 Å². The molecule has 1 aliphatic rings. The molecule has 5 nitrogen and oxygen atoms in total. The number of rotatable bonds is 5. The van der Waals surface area contributed by atoms with Crippen LogP contribution in [0.15, 0.2) is 66.7 Å². The SMILES string of the molecule is CC1(C)[C@H](NC(=O)c2ccc(-c3ccc(O)cc3)cc2)C(C)(C)[C@H]1Oc1ccc(C#N)c(Cl)c1. The van der Waals surface area contributed by atoms with E-state index in [1.165, 1.54) is 0 Å². The van der Waals surface area contributed by atoms with Gasteiger partial charge in [-0.15, -0.1) is 0 Å². The van der Waals surface area contributed by atoms with E-state index in [4.69, 9.17) is 21.6 Å². The van der Waals surface area contributed by atoms with E-state index in [2.05, 4.69) is 39.1 Å². The van der Waals surface area contributed by atoms with Crippen molar-refractivity contribution in [3.05, 3.63) is 82.9 Å². The maximum Gasteiger partial charge on any atom is 0.251 e. The summed E-state index contributed by atoms with van der Waals surface area (Å²) in [6.45, 7) is 8.31. The highest BCUT2D eigenvalue weighted by Gasteiger charge is 2.64. The van der Waals surface area contributed by atoms with Crippen molar-refractivity contribution in [1.29, 1.82) is 5.26 Å². The Morgan fingerprint density at radius 3 is 2.06 bits per heavy atom. The number of phenolic OH excluding ortho intramolecular Hbond substituents is 1. The first-order valence-electron chi connectivity index (χ1n) is 11.1. The average molecular weight is 475 g/mol. The molecule has 34 heavy (non-hydrogen) atoms. The predicted octanol–water partition coefficient (Wildman–Crippen LogP) is 6.20. The largest absolute Gasteiger partial charge is 0.508 e. The van der Waals surface area contributed by atoms with Gasteiger partial charge in [-0.1, -0.05) is 63.6 Å². The molecule has 6 heteroatoms. The number of nitrogens with one attached hydrogen (secondary N) is 1. The molecule has 0 unspecified atom stereocenters. The predicted molar refractivity (Wildman–Crippen MR) is 133 cm³/mol. The van der Waals surface area contributed by atoms with E-state index < -0.39 is 0 Å². The first-order valence-corrected chi connectivity index (χ1v) is 11.5. The van der Waals surface area contributed by atoms with Crippen LogP contribution in [0.25, 0.3) is 11.1 Å². The Kier molecular flexibility index (Phi) is 6.05. The molecule has 174 valence electrons. The number of hydrogen-bond acceptors (Lipinski definition) is 4. The lowest BCUT2D eigenvalue weighted by Gasteiger charge is -2.63. The van der Waals surface area contributed by atoms with E-state index >= 15 is 0 Å². The van der Waals surface area contributed by atoms with Crippen LogP contribution < -0.4 is 10.1 Å². The standard InChI is InChI=1S/C28H27ClN2O3/c1-27(2)25(28(3,4)26(27)34-22-14-11-20(16-30)23(29)15-22)31-24(33)19-7-5-17(6-8-19)18-9-12-21(32)13-10-18/h5-15,25-26,32H,1-4H3,(H,31,33)/t25-,26-. The van der Waals surface area contributed by atoms with E-state index in [1.807, 2.05) is 36.4 Å². The number of aromatic hydroxyl groups is 1. The van der Waals surface area contributed by atoms with Gasteiger partial charge in [0.15, 0.2) is 0 Å². The van der Waals surface area contributed by atoms with Crippen molar-refractivity contribution in [2.24, 2.45) is 10.8 Å². The third kappa shape index (κ3) is 4.22. The molecule has 1 aliphatic carbocycles. The zero-order chi connectivity index (χ0) is 24.7. The van der Waals surface area contributed by atoms with Gasteiger partial charge in [0.2, 0.25) is 0 Å². The number of benzene rings is 3. The lowest BCUT2D eigenvalue weighted by molar-refractivity contribution is -0.164. The first kappa shape index (κ1) is 23.7. The number of carbonyl (C=O) groups excluding carboxylic acids is 1. The molecule has 0 heterocycles. The smallest absolute Gasteiger partial charge is 0.251 e. The van der Waals surface area contributed by atoms with Gasteiger partial charge in [0, 0.05) is 28.5 Å². The maximum atomic E-state index is 13.1. The monoisotopic (exact) mass is 474 g/mol. The molecule has 0 aromatic heterocycles. The number of carbonyl (C=O) groups is 1. The van der Waals surface area contributed by atoms with Crippen LogP contribution in [0.2, 0.25) is 5.02 Å². The highest BCUT2D eigenvalue weighted by Crippen LogP contribution is 2.55. The normalized spacial score (nSPS) is 20.0. The Balaban J connectivity index is 1.46. The van der Waals surface area contributed by atoms with Gasteiger partial charge in [-0.25, -0.2) is 0 Å². The molecular formula is C28H27ClN2O3. The van der Waals surface area contributed by atoms with Crippen molar-refractivity contribution in [3.63, 3.8) is 0 Å². The molecule has 3 aromatic carbocycles. The summed E-state index contributed by atoms with van der Waals surface area (Å²) in [7, 11) is 0. The average Bonchev–Trinajstić information content (AvgIpc) is 2.81.